The van der Waals surface area contributed by atoms with Gasteiger partial charge in [-0.1, -0.05) is 6.92 Å². The number of nitrogen functional groups attached to an aromatic ring is 1. The Morgan fingerprint density at radius 3 is 3.11 bits per heavy atom. The molecule has 0 aliphatic carbocycles. The van der Waals surface area contributed by atoms with Crippen molar-refractivity contribution in [2.75, 3.05) is 37.3 Å². The number of nitrogens with two attached hydrogens (primary N) is 1. The molecule has 5 nitrogen and oxygen atoms in total. The number of aromatic nitrogens is 1. The molecule has 0 amide bonds. The van der Waals surface area contributed by atoms with E-state index >= 15 is 0 Å². The van der Waals surface area contributed by atoms with Gasteiger partial charge >= 0.3 is 0 Å². The van der Waals surface area contributed by atoms with E-state index in [9.17, 15) is 0 Å². The van der Waals surface area contributed by atoms with Crippen LogP contribution in [0.15, 0.2) is 12.3 Å². The first-order valence-corrected chi connectivity index (χ1v) is 6.76. The Labute approximate surface area is 114 Å². The SMILES string of the molecule is CCN1CCCC1CN(C)c1ncc(N)cc1C#N. The molecule has 2 N–H and O–H groups in total. The average molecular weight is 259 g/mol. The first kappa shape index (κ1) is 13.6. The van der Waals surface area contributed by atoms with Gasteiger partial charge in [-0.2, -0.15) is 5.26 Å². The van der Waals surface area contributed by atoms with Gasteiger partial charge in [0.2, 0.25) is 0 Å². The molecule has 1 fully saturated rings. The van der Waals surface area contributed by atoms with Gasteiger partial charge in [-0.3, -0.25) is 4.90 Å². The number of nitrogens with zero attached hydrogens (tertiary/aromatic N) is 4. The number of hydrogen-bond acceptors (Lipinski definition) is 5. The van der Waals surface area contributed by atoms with Crippen molar-refractivity contribution in [3.05, 3.63) is 17.8 Å². The van der Waals surface area contributed by atoms with Gasteiger partial charge in [0.25, 0.3) is 0 Å². The lowest BCUT2D eigenvalue weighted by Crippen LogP contribution is -2.39. The highest BCUT2D eigenvalue weighted by atomic mass is 15.2. The molecule has 1 aliphatic heterocycles. The Morgan fingerprint density at radius 2 is 2.42 bits per heavy atom. The van der Waals surface area contributed by atoms with Gasteiger partial charge in [-0.25, -0.2) is 4.98 Å². The quantitative estimate of drug-likeness (QED) is 0.886. The highest BCUT2D eigenvalue weighted by Gasteiger charge is 2.25. The maximum Gasteiger partial charge on any atom is 0.146 e. The van der Waals surface area contributed by atoms with E-state index < -0.39 is 0 Å². The summed E-state index contributed by atoms with van der Waals surface area (Å²) in [5, 5.41) is 9.17. The van der Waals surface area contributed by atoms with Gasteiger partial charge in [0.15, 0.2) is 0 Å². The fraction of sp³-hybridized carbons (Fsp3) is 0.571. The monoisotopic (exact) mass is 259 g/mol. The lowest BCUT2D eigenvalue weighted by molar-refractivity contribution is 0.270. The van der Waals surface area contributed by atoms with E-state index in [0.717, 1.165) is 18.9 Å². The average Bonchev–Trinajstić information content (AvgIpc) is 2.85. The number of rotatable bonds is 4. The third-order valence-electron chi connectivity index (χ3n) is 3.76. The minimum Gasteiger partial charge on any atom is -0.397 e. The zero-order valence-electron chi connectivity index (χ0n) is 11.6. The molecular weight excluding hydrogens is 238 g/mol. The van der Waals surface area contributed by atoms with Crippen LogP contribution in [0.2, 0.25) is 0 Å². The van der Waals surface area contributed by atoms with Crippen molar-refractivity contribution in [2.24, 2.45) is 0 Å². The maximum atomic E-state index is 9.17. The zero-order valence-corrected chi connectivity index (χ0v) is 11.6. The molecule has 1 saturated heterocycles. The number of likely N-dealkylation sites (tertiary alicyclic amines) is 1. The Kier molecular flexibility index (Phi) is 4.23. The highest BCUT2D eigenvalue weighted by Crippen LogP contribution is 2.22. The minimum absolute atomic E-state index is 0.532. The topological polar surface area (TPSA) is 69.2 Å². The molecule has 102 valence electrons. The maximum absolute atomic E-state index is 9.17. The molecule has 0 bridgehead atoms. The Morgan fingerprint density at radius 1 is 1.63 bits per heavy atom. The van der Waals surface area contributed by atoms with Crippen LogP contribution in [-0.4, -0.2) is 42.6 Å². The van der Waals surface area contributed by atoms with Crippen molar-refractivity contribution in [3.8, 4) is 6.07 Å². The van der Waals surface area contributed by atoms with Crippen molar-refractivity contribution in [1.29, 1.82) is 5.26 Å². The lowest BCUT2D eigenvalue weighted by Gasteiger charge is -2.28. The van der Waals surface area contributed by atoms with E-state index in [-0.39, 0.29) is 0 Å². The number of hydrogen-bond donors (Lipinski definition) is 1. The molecule has 1 atom stereocenters. The van der Waals surface area contributed by atoms with Crippen LogP contribution in [0.3, 0.4) is 0 Å². The molecule has 0 saturated carbocycles. The molecule has 1 aliphatic rings. The molecule has 2 heterocycles. The van der Waals surface area contributed by atoms with Crippen LogP contribution < -0.4 is 10.6 Å². The summed E-state index contributed by atoms with van der Waals surface area (Å²) in [5.74, 6) is 0.722. The van der Waals surface area contributed by atoms with Crippen LogP contribution in [0.25, 0.3) is 0 Å². The molecule has 1 aromatic rings. The summed E-state index contributed by atoms with van der Waals surface area (Å²) in [4.78, 5) is 8.85. The van der Waals surface area contributed by atoms with Crippen LogP contribution >= 0.6 is 0 Å². The summed E-state index contributed by atoms with van der Waals surface area (Å²) in [6.07, 6.45) is 4.08. The standard InChI is InChI=1S/C14H21N5/c1-3-19-6-4-5-13(19)10-18(2)14-11(8-15)7-12(16)9-17-14/h7,9,13H,3-6,10,16H2,1-2H3. The first-order chi connectivity index (χ1) is 9.15. The summed E-state index contributed by atoms with van der Waals surface area (Å²) in [7, 11) is 1.99. The van der Waals surface area contributed by atoms with Gasteiger partial charge in [0, 0.05) is 19.6 Å². The van der Waals surface area contributed by atoms with E-state index in [1.807, 2.05) is 7.05 Å². The second kappa shape index (κ2) is 5.89. The first-order valence-electron chi connectivity index (χ1n) is 6.76. The van der Waals surface area contributed by atoms with Gasteiger partial charge < -0.3 is 10.6 Å². The number of pyridine rings is 1. The van der Waals surface area contributed by atoms with E-state index in [1.54, 1.807) is 12.3 Å². The fourth-order valence-electron chi connectivity index (χ4n) is 2.78. The van der Waals surface area contributed by atoms with Crippen molar-refractivity contribution in [2.45, 2.75) is 25.8 Å². The van der Waals surface area contributed by atoms with E-state index in [2.05, 4.69) is 27.8 Å². The third kappa shape index (κ3) is 2.96. The number of anilines is 2. The molecule has 1 unspecified atom stereocenters. The molecule has 1 aromatic heterocycles. The third-order valence-corrected chi connectivity index (χ3v) is 3.76. The predicted octanol–water partition coefficient (Wildman–Crippen LogP) is 1.46. The summed E-state index contributed by atoms with van der Waals surface area (Å²) in [5.41, 5.74) is 6.75. The van der Waals surface area contributed by atoms with E-state index in [4.69, 9.17) is 11.0 Å². The van der Waals surface area contributed by atoms with Crippen molar-refractivity contribution < 1.29 is 0 Å². The fourth-order valence-corrected chi connectivity index (χ4v) is 2.78. The summed E-state index contributed by atoms with van der Waals surface area (Å²) < 4.78 is 0. The van der Waals surface area contributed by atoms with Crippen LogP contribution in [0, 0.1) is 11.3 Å². The Balaban J connectivity index is 2.12. The van der Waals surface area contributed by atoms with Crippen LogP contribution in [0.4, 0.5) is 11.5 Å². The Hall–Kier alpha value is -1.80. The molecule has 0 spiro atoms. The van der Waals surface area contributed by atoms with Gasteiger partial charge in [0.1, 0.15) is 11.9 Å². The summed E-state index contributed by atoms with van der Waals surface area (Å²) >= 11 is 0. The second-order valence-corrected chi connectivity index (χ2v) is 5.06. The number of nitriles is 1. The molecule has 0 aromatic carbocycles. The van der Waals surface area contributed by atoms with Gasteiger partial charge in [0.05, 0.1) is 17.4 Å². The lowest BCUT2D eigenvalue weighted by atomic mass is 10.2. The molecular formula is C14H21N5. The zero-order chi connectivity index (χ0) is 13.8. The van der Waals surface area contributed by atoms with E-state index in [0.29, 0.717) is 17.3 Å². The van der Waals surface area contributed by atoms with Crippen molar-refractivity contribution >= 4 is 11.5 Å². The Bertz CT molecular complexity index is 479. The van der Waals surface area contributed by atoms with Crippen LogP contribution in [0.5, 0.6) is 0 Å². The van der Waals surface area contributed by atoms with Gasteiger partial charge in [-0.05, 0) is 32.0 Å². The van der Waals surface area contributed by atoms with Crippen LogP contribution in [-0.2, 0) is 0 Å². The molecule has 2 rings (SSSR count). The van der Waals surface area contributed by atoms with Crippen molar-refractivity contribution in [3.63, 3.8) is 0 Å². The minimum atomic E-state index is 0.532. The largest absolute Gasteiger partial charge is 0.397 e. The van der Waals surface area contributed by atoms with Gasteiger partial charge in [-0.15, -0.1) is 0 Å². The predicted molar refractivity (Wildman–Crippen MR) is 76.9 cm³/mol. The molecule has 5 heteroatoms. The normalized spacial score (nSPS) is 19.3. The molecule has 19 heavy (non-hydrogen) atoms. The highest BCUT2D eigenvalue weighted by molar-refractivity contribution is 5.58. The summed E-state index contributed by atoms with van der Waals surface area (Å²) in [6.45, 7) is 5.36. The number of likely N-dealkylation sites (N-methyl/N-ethyl adjacent to an activating group) is 2. The second-order valence-electron chi connectivity index (χ2n) is 5.06. The van der Waals surface area contributed by atoms with Crippen molar-refractivity contribution in [1.82, 2.24) is 9.88 Å². The van der Waals surface area contributed by atoms with E-state index in [1.165, 1.54) is 19.4 Å². The summed E-state index contributed by atoms with van der Waals surface area (Å²) in [6, 6.07) is 4.41. The smallest absolute Gasteiger partial charge is 0.146 e. The molecule has 0 radical (unpaired) electrons. The van der Waals surface area contributed by atoms with Crippen LogP contribution in [0.1, 0.15) is 25.3 Å².